The number of fused-ring (bicyclic) bond motifs is 2. The van der Waals surface area contributed by atoms with Gasteiger partial charge in [-0.05, 0) is 87.1 Å². The number of rotatable bonds is 4. The SMILES string of the molecule is CCN1C(=O)C[C@@H]2C[C@@]3(O)[C@H]4Cc5ccc(OC)cc5[C@@]3(CCN4CC3CC3)C[C@@H]21. The molecule has 0 radical (unpaired) electrons. The zero-order valence-electron chi connectivity index (χ0n) is 18.3. The molecule has 1 aromatic rings. The summed E-state index contributed by atoms with van der Waals surface area (Å²) in [6.07, 6.45) is 6.81. The Balaban J connectivity index is 1.48. The number of carbonyl (C=O) groups excluding carboxylic acids is 1. The molecule has 162 valence electrons. The third-order valence-corrected chi connectivity index (χ3v) is 9.26. The number of nitrogens with zero attached hydrogens (tertiary/aromatic N) is 2. The lowest BCUT2D eigenvalue weighted by Gasteiger charge is -2.66. The van der Waals surface area contributed by atoms with Gasteiger partial charge in [0.05, 0.1) is 12.7 Å². The quantitative estimate of drug-likeness (QED) is 0.829. The molecule has 1 amide bonds. The molecule has 6 rings (SSSR count). The summed E-state index contributed by atoms with van der Waals surface area (Å²) in [4.78, 5) is 17.5. The van der Waals surface area contributed by atoms with Crippen LogP contribution in [0.3, 0.4) is 0 Å². The average molecular weight is 411 g/mol. The topological polar surface area (TPSA) is 53.0 Å². The van der Waals surface area contributed by atoms with Crippen LogP contribution < -0.4 is 4.74 Å². The predicted molar refractivity (Wildman–Crippen MR) is 115 cm³/mol. The summed E-state index contributed by atoms with van der Waals surface area (Å²) in [5, 5.41) is 12.6. The number of hydrogen-bond acceptors (Lipinski definition) is 4. The van der Waals surface area contributed by atoms with E-state index in [1.165, 1.54) is 24.0 Å². The summed E-state index contributed by atoms with van der Waals surface area (Å²) in [6.45, 7) is 5.05. The molecule has 1 N–H and O–H groups in total. The number of benzene rings is 1. The summed E-state index contributed by atoms with van der Waals surface area (Å²) in [7, 11) is 1.72. The van der Waals surface area contributed by atoms with E-state index in [1.807, 2.05) is 0 Å². The fourth-order valence-corrected chi connectivity index (χ4v) is 7.65. The summed E-state index contributed by atoms with van der Waals surface area (Å²) in [6, 6.07) is 6.92. The van der Waals surface area contributed by atoms with Crippen LogP contribution in [0, 0.1) is 11.8 Å². The van der Waals surface area contributed by atoms with Crippen LogP contribution in [0.1, 0.15) is 56.6 Å². The highest BCUT2D eigenvalue weighted by molar-refractivity contribution is 5.79. The van der Waals surface area contributed by atoms with Gasteiger partial charge in [0.25, 0.3) is 0 Å². The molecule has 5 heteroatoms. The van der Waals surface area contributed by atoms with Crippen LogP contribution in [0.25, 0.3) is 0 Å². The van der Waals surface area contributed by atoms with E-state index in [-0.39, 0.29) is 29.3 Å². The van der Waals surface area contributed by atoms with E-state index in [4.69, 9.17) is 4.74 Å². The van der Waals surface area contributed by atoms with Crippen LogP contribution in [0.5, 0.6) is 5.75 Å². The number of methoxy groups -OCH3 is 1. The van der Waals surface area contributed by atoms with E-state index in [0.29, 0.717) is 6.42 Å². The summed E-state index contributed by atoms with van der Waals surface area (Å²) in [5.41, 5.74) is 1.63. The molecule has 30 heavy (non-hydrogen) atoms. The lowest BCUT2D eigenvalue weighted by molar-refractivity contribution is -0.184. The molecule has 3 aliphatic carbocycles. The molecule has 5 nitrogen and oxygen atoms in total. The molecule has 0 spiro atoms. The molecule has 0 aromatic heterocycles. The van der Waals surface area contributed by atoms with Crippen LogP contribution in [-0.4, -0.2) is 65.2 Å². The third kappa shape index (κ3) is 2.45. The zero-order valence-corrected chi connectivity index (χ0v) is 18.3. The minimum absolute atomic E-state index is 0.166. The lowest BCUT2D eigenvalue weighted by Crippen LogP contribution is -2.75. The van der Waals surface area contributed by atoms with Crippen LogP contribution in [-0.2, 0) is 16.6 Å². The Morgan fingerprint density at radius 3 is 2.80 bits per heavy atom. The van der Waals surface area contributed by atoms with E-state index in [1.54, 1.807) is 7.11 Å². The Morgan fingerprint density at radius 2 is 2.07 bits per heavy atom. The average Bonchev–Trinajstić information content (AvgIpc) is 3.49. The summed E-state index contributed by atoms with van der Waals surface area (Å²) in [5.74, 6) is 2.26. The van der Waals surface area contributed by atoms with Gasteiger partial charge in [-0.25, -0.2) is 0 Å². The fraction of sp³-hybridized carbons (Fsp3) is 0.720. The predicted octanol–water partition coefficient (Wildman–Crippen LogP) is 2.74. The molecule has 2 saturated carbocycles. The van der Waals surface area contributed by atoms with Gasteiger partial charge in [0.15, 0.2) is 0 Å². The molecule has 0 unspecified atom stereocenters. The number of piperidine rings is 1. The molecule has 2 saturated heterocycles. The van der Waals surface area contributed by atoms with Gasteiger partial charge < -0.3 is 14.7 Å². The Labute approximate surface area is 179 Å². The van der Waals surface area contributed by atoms with Gasteiger partial charge in [-0.1, -0.05) is 6.07 Å². The minimum Gasteiger partial charge on any atom is -0.497 e. The van der Waals surface area contributed by atoms with Crippen molar-refractivity contribution in [1.29, 1.82) is 0 Å². The first-order valence-electron chi connectivity index (χ1n) is 11.9. The Morgan fingerprint density at radius 1 is 1.23 bits per heavy atom. The Bertz CT molecular complexity index is 883. The van der Waals surface area contributed by atoms with Crippen molar-refractivity contribution in [2.45, 2.75) is 75.0 Å². The summed E-state index contributed by atoms with van der Waals surface area (Å²) >= 11 is 0. The number of aliphatic hydroxyl groups is 1. The van der Waals surface area contributed by atoms with Crippen molar-refractivity contribution >= 4 is 5.91 Å². The second kappa shape index (κ2) is 6.46. The summed E-state index contributed by atoms with van der Waals surface area (Å²) < 4.78 is 5.60. The highest BCUT2D eigenvalue weighted by Crippen LogP contribution is 2.61. The number of amides is 1. The van der Waals surface area contributed by atoms with E-state index in [0.717, 1.165) is 57.0 Å². The van der Waals surface area contributed by atoms with Gasteiger partial charge in [0.1, 0.15) is 5.75 Å². The van der Waals surface area contributed by atoms with Crippen LogP contribution >= 0.6 is 0 Å². The maximum absolute atomic E-state index is 12.7. The first-order chi connectivity index (χ1) is 14.5. The van der Waals surface area contributed by atoms with Gasteiger partial charge in [0, 0.05) is 37.0 Å². The molecule has 5 aliphatic rings. The first kappa shape index (κ1) is 19.1. The van der Waals surface area contributed by atoms with E-state index in [9.17, 15) is 9.90 Å². The molecule has 1 aromatic carbocycles. The number of likely N-dealkylation sites (tertiary alicyclic amines) is 2. The van der Waals surface area contributed by atoms with Gasteiger partial charge in [-0.3, -0.25) is 9.69 Å². The highest BCUT2D eigenvalue weighted by atomic mass is 16.5. The van der Waals surface area contributed by atoms with Crippen molar-refractivity contribution in [1.82, 2.24) is 9.80 Å². The van der Waals surface area contributed by atoms with Crippen molar-refractivity contribution in [3.05, 3.63) is 29.3 Å². The largest absolute Gasteiger partial charge is 0.497 e. The van der Waals surface area contributed by atoms with Crippen LogP contribution in [0.15, 0.2) is 18.2 Å². The normalized spacial score (nSPS) is 40.0. The van der Waals surface area contributed by atoms with Crippen LogP contribution in [0.4, 0.5) is 0 Å². The standard InChI is InChI=1S/C25H34N2O3/c1-3-27-21-14-24-8-9-26(15-16-4-5-16)22(25(24,29)13-18(21)11-23(27)28)10-17-6-7-19(30-2)12-20(17)24/h6-7,12,16,18,21-22,29H,3-5,8-11,13-15H2,1-2H3/t18-,21+,22-,24-,25-/m1/s1. The molecule has 4 fully saturated rings. The van der Waals surface area contributed by atoms with Crippen molar-refractivity contribution < 1.29 is 14.6 Å². The smallest absolute Gasteiger partial charge is 0.223 e. The molecule has 2 bridgehead atoms. The van der Waals surface area contributed by atoms with Crippen molar-refractivity contribution in [3.63, 3.8) is 0 Å². The number of hydrogen-bond donors (Lipinski definition) is 1. The number of carbonyl (C=O) groups is 1. The third-order valence-electron chi connectivity index (χ3n) is 9.26. The maximum Gasteiger partial charge on any atom is 0.223 e. The Hall–Kier alpha value is -1.59. The molecule has 5 atom stereocenters. The van der Waals surface area contributed by atoms with Gasteiger partial charge in [-0.2, -0.15) is 0 Å². The zero-order chi connectivity index (χ0) is 20.7. The fourth-order valence-electron chi connectivity index (χ4n) is 7.65. The van der Waals surface area contributed by atoms with E-state index in [2.05, 4.69) is 34.9 Å². The second-order valence-electron chi connectivity index (χ2n) is 10.6. The number of ether oxygens (including phenoxy) is 1. The molecule has 2 aliphatic heterocycles. The van der Waals surface area contributed by atoms with E-state index < -0.39 is 5.60 Å². The highest BCUT2D eigenvalue weighted by Gasteiger charge is 2.68. The van der Waals surface area contributed by atoms with Crippen LogP contribution in [0.2, 0.25) is 0 Å². The molecule has 2 heterocycles. The van der Waals surface area contributed by atoms with Gasteiger partial charge in [-0.15, -0.1) is 0 Å². The van der Waals surface area contributed by atoms with Crippen molar-refractivity contribution in [2.24, 2.45) is 11.8 Å². The van der Waals surface area contributed by atoms with Gasteiger partial charge >= 0.3 is 0 Å². The Kier molecular flexibility index (Phi) is 4.12. The minimum atomic E-state index is -0.759. The first-order valence-corrected chi connectivity index (χ1v) is 11.9. The lowest BCUT2D eigenvalue weighted by atomic mass is 9.47. The molecular weight excluding hydrogens is 376 g/mol. The second-order valence-corrected chi connectivity index (χ2v) is 10.6. The molecular formula is C25H34N2O3. The van der Waals surface area contributed by atoms with Crippen molar-refractivity contribution in [2.75, 3.05) is 26.7 Å². The van der Waals surface area contributed by atoms with E-state index >= 15 is 0 Å². The maximum atomic E-state index is 12.7. The monoisotopic (exact) mass is 410 g/mol. The van der Waals surface area contributed by atoms with Crippen molar-refractivity contribution in [3.8, 4) is 5.75 Å². The van der Waals surface area contributed by atoms with Gasteiger partial charge in [0.2, 0.25) is 5.91 Å².